The molecule has 0 aliphatic carbocycles. The molecule has 1 aromatic carbocycles. The number of anilines is 1. The Morgan fingerprint density at radius 1 is 1.58 bits per heavy atom. The van der Waals surface area contributed by atoms with Crippen LogP contribution in [-0.2, 0) is 0 Å². The molecule has 0 spiro atoms. The lowest BCUT2D eigenvalue weighted by atomic mass is 10.1. The van der Waals surface area contributed by atoms with Crippen LogP contribution in [0.1, 0.15) is 24.4 Å². The summed E-state index contributed by atoms with van der Waals surface area (Å²) in [5, 5.41) is 36.0. The lowest BCUT2D eigenvalue weighted by Crippen LogP contribution is -2.09. The quantitative estimate of drug-likeness (QED) is 0.621. The first-order valence-electron chi connectivity index (χ1n) is 5.30. The van der Waals surface area contributed by atoms with E-state index < -0.39 is 4.92 Å². The first-order valence-corrected chi connectivity index (χ1v) is 5.30. The number of H-pyrrole nitrogens is 1. The standard InChI is InChI=1S/C10H9N7O2/c1-6(10-13-15-16-14-10)12-8-2-3-9(17(18)19)7(4-8)5-11/h2-4,6,12H,1H3,(H,13,14,15,16). The van der Waals surface area contributed by atoms with E-state index in [9.17, 15) is 10.1 Å². The van der Waals surface area contributed by atoms with Crippen molar-refractivity contribution in [3.8, 4) is 6.07 Å². The Balaban J connectivity index is 2.23. The van der Waals surface area contributed by atoms with Crippen LogP contribution >= 0.6 is 0 Å². The molecule has 1 heterocycles. The van der Waals surface area contributed by atoms with E-state index >= 15 is 0 Å². The van der Waals surface area contributed by atoms with Gasteiger partial charge in [0.05, 0.1) is 11.0 Å². The van der Waals surface area contributed by atoms with Crippen molar-refractivity contribution in [2.75, 3.05) is 5.32 Å². The van der Waals surface area contributed by atoms with Gasteiger partial charge in [-0.2, -0.15) is 10.5 Å². The number of tetrazole rings is 1. The van der Waals surface area contributed by atoms with Gasteiger partial charge in [-0.25, -0.2) is 0 Å². The smallest absolute Gasteiger partial charge is 0.287 e. The number of nitro benzene ring substituents is 1. The van der Waals surface area contributed by atoms with Gasteiger partial charge in [0.25, 0.3) is 5.69 Å². The number of nitrogens with zero attached hydrogens (tertiary/aromatic N) is 5. The average molecular weight is 259 g/mol. The van der Waals surface area contributed by atoms with E-state index in [0.29, 0.717) is 11.5 Å². The molecule has 1 unspecified atom stereocenters. The maximum absolute atomic E-state index is 10.7. The molecule has 1 aromatic heterocycles. The van der Waals surface area contributed by atoms with E-state index in [1.165, 1.54) is 18.2 Å². The molecule has 0 aliphatic rings. The molecular weight excluding hydrogens is 250 g/mol. The van der Waals surface area contributed by atoms with Gasteiger partial charge in [-0.15, -0.1) is 10.2 Å². The molecule has 0 aliphatic heterocycles. The first kappa shape index (κ1) is 12.4. The van der Waals surface area contributed by atoms with Crippen molar-refractivity contribution in [2.45, 2.75) is 13.0 Å². The van der Waals surface area contributed by atoms with Crippen molar-refractivity contribution in [1.29, 1.82) is 5.26 Å². The highest BCUT2D eigenvalue weighted by atomic mass is 16.6. The molecule has 0 saturated heterocycles. The molecule has 9 heteroatoms. The SMILES string of the molecule is CC(Nc1ccc([N+](=O)[O-])c(C#N)c1)c1nn[nH]n1. The summed E-state index contributed by atoms with van der Waals surface area (Å²) in [6.45, 7) is 1.80. The summed E-state index contributed by atoms with van der Waals surface area (Å²) in [7, 11) is 0. The van der Waals surface area contributed by atoms with Crippen LogP contribution in [-0.4, -0.2) is 25.5 Å². The Kier molecular flexibility index (Phi) is 3.33. The maximum atomic E-state index is 10.7. The van der Waals surface area contributed by atoms with E-state index in [4.69, 9.17) is 5.26 Å². The van der Waals surface area contributed by atoms with Crippen molar-refractivity contribution in [2.24, 2.45) is 0 Å². The fourth-order valence-electron chi connectivity index (χ4n) is 1.54. The van der Waals surface area contributed by atoms with Gasteiger partial charge in [-0.05, 0) is 19.1 Å². The second-order valence-electron chi connectivity index (χ2n) is 3.74. The molecule has 0 bridgehead atoms. The highest BCUT2D eigenvalue weighted by molar-refractivity contribution is 5.59. The molecule has 9 nitrogen and oxygen atoms in total. The number of nitro groups is 1. The third-order valence-corrected chi connectivity index (χ3v) is 2.45. The summed E-state index contributed by atoms with van der Waals surface area (Å²) < 4.78 is 0. The van der Waals surface area contributed by atoms with Gasteiger partial charge in [0.1, 0.15) is 11.6 Å². The van der Waals surface area contributed by atoms with E-state index in [0.717, 1.165) is 0 Å². The van der Waals surface area contributed by atoms with Gasteiger partial charge in [0.15, 0.2) is 5.82 Å². The van der Waals surface area contributed by atoms with Crippen LogP contribution in [0.3, 0.4) is 0 Å². The van der Waals surface area contributed by atoms with Gasteiger partial charge in [-0.3, -0.25) is 10.1 Å². The number of rotatable bonds is 4. The molecule has 2 aromatic rings. The van der Waals surface area contributed by atoms with Crippen LogP contribution in [0.5, 0.6) is 0 Å². The fourth-order valence-corrected chi connectivity index (χ4v) is 1.54. The summed E-state index contributed by atoms with van der Waals surface area (Å²) in [5.41, 5.74) is 0.343. The third-order valence-electron chi connectivity index (χ3n) is 2.45. The number of aromatic amines is 1. The van der Waals surface area contributed by atoms with E-state index in [-0.39, 0.29) is 17.3 Å². The topological polar surface area (TPSA) is 133 Å². The second-order valence-corrected chi connectivity index (χ2v) is 3.74. The first-order chi connectivity index (χ1) is 9.11. The predicted octanol–water partition coefficient (Wildman–Crippen LogP) is 1.15. The molecule has 2 rings (SSSR count). The molecule has 2 N–H and O–H groups in total. The van der Waals surface area contributed by atoms with Gasteiger partial charge < -0.3 is 5.32 Å². The Hall–Kier alpha value is -3.02. The summed E-state index contributed by atoms with van der Waals surface area (Å²) >= 11 is 0. The van der Waals surface area contributed by atoms with Crippen LogP contribution in [0.15, 0.2) is 18.2 Å². The Morgan fingerprint density at radius 2 is 2.37 bits per heavy atom. The summed E-state index contributed by atoms with van der Waals surface area (Å²) in [6.07, 6.45) is 0. The van der Waals surface area contributed by atoms with Crippen LogP contribution in [0.4, 0.5) is 11.4 Å². The summed E-state index contributed by atoms with van der Waals surface area (Å²) in [4.78, 5) is 10.1. The zero-order valence-corrected chi connectivity index (χ0v) is 9.86. The summed E-state index contributed by atoms with van der Waals surface area (Å²) in [5.74, 6) is 0.455. The minimum atomic E-state index is -0.592. The molecule has 1 atom stereocenters. The number of nitrogens with one attached hydrogen (secondary N) is 2. The molecule has 0 amide bonds. The van der Waals surface area contributed by atoms with E-state index in [2.05, 4.69) is 25.9 Å². The minimum absolute atomic E-state index is 0.00434. The number of aromatic nitrogens is 4. The number of hydrogen-bond donors (Lipinski definition) is 2. The Morgan fingerprint density at radius 3 is 2.95 bits per heavy atom. The lowest BCUT2D eigenvalue weighted by molar-refractivity contribution is -0.385. The van der Waals surface area contributed by atoms with Crippen LogP contribution < -0.4 is 5.32 Å². The predicted molar refractivity (Wildman–Crippen MR) is 64.0 cm³/mol. The minimum Gasteiger partial charge on any atom is -0.375 e. The van der Waals surface area contributed by atoms with Crippen LogP contribution in [0.25, 0.3) is 0 Å². The third kappa shape index (κ3) is 2.63. The number of hydrogen-bond acceptors (Lipinski definition) is 7. The van der Waals surface area contributed by atoms with E-state index in [1.54, 1.807) is 13.0 Å². The van der Waals surface area contributed by atoms with E-state index in [1.807, 2.05) is 0 Å². The van der Waals surface area contributed by atoms with Crippen molar-refractivity contribution in [3.05, 3.63) is 39.7 Å². The van der Waals surface area contributed by atoms with Gasteiger partial charge in [-0.1, -0.05) is 5.21 Å². The average Bonchev–Trinajstić information content (AvgIpc) is 2.92. The molecule has 0 saturated carbocycles. The molecule has 0 radical (unpaired) electrons. The zero-order chi connectivity index (χ0) is 13.8. The Labute approximate surface area is 107 Å². The highest BCUT2D eigenvalue weighted by Gasteiger charge is 2.15. The van der Waals surface area contributed by atoms with Crippen molar-refractivity contribution in [1.82, 2.24) is 20.6 Å². The Bertz CT molecular complexity index is 632. The van der Waals surface area contributed by atoms with Crippen molar-refractivity contribution >= 4 is 11.4 Å². The molecule has 96 valence electrons. The second kappa shape index (κ2) is 5.09. The van der Waals surface area contributed by atoms with Crippen LogP contribution in [0.2, 0.25) is 0 Å². The summed E-state index contributed by atoms with van der Waals surface area (Å²) in [6, 6.07) is 5.77. The van der Waals surface area contributed by atoms with Gasteiger partial charge >= 0.3 is 0 Å². The number of benzene rings is 1. The van der Waals surface area contributed by atoms with Crippen molar-refractivity contribution in [3.63, 3.8) is 0 Å². The maximum Gasteiger partial charge on any atom is 0.287 e. The largest absolute Gasteiger partial charge is 0.375 e. The number of nitriles is 1. The molecular formula is C10H9N7O2. The molecule has 19 heavy (non-hydrogen) atoms. The molecule has 0 fully saturated rings. The van der Waals surface area contributed by atoms with Crippen molar-refractivity contribution < 1.29 is 4.92 Å². The van der Waals surface area contributed by atoms with Gasteiger partial charge in [0, 0.05) is 11.8 Å². The highest BCUT2D eigenvalue weighted by Crippen LogP contribution is 2.24. The zero-order valence-electron chi connectivity index (χ0n) is 9.86. The van der Waals surface area contributed by atoms with Crippen LogP contribution in [0, 0.1) is 21.4 Å². The fraction of sp³-hybridized carbons (Fsp3) is 0.200. The normalized spacial score (nSPS) is 11.6. The van der Waals surface area contributed by atoms with Gasteiger partial charge in [0.2, 0.25) is 0 Å². The lowest BCUT2D eigenvalue weighted by Gasteiger charge is -2.11. The monoisotopic (exact) mass is 259 g/mol.